The van der Waals surface area contributed by atoms with Crippen molar-refractivity contribution in [2.75, 3.05) is 37.0 Å². The number of rotatable bonds is 3. The van der Waals surface area contributed by atoms with Crippen molar-refractivity contribution in [3.05, 3.63) is 59.4 Å². The predicted octanol–water partition coefficient (Wildman–Crippen LogP) is 3.07. The number of carbonyl (C=O) groups is 1. The van der Waals surface area contributed by atoms with Crippen LogP contribution < -0.4 is 9.80 Å². The van der Waals surface area contributed by atoms with E-state index in [0.717, 1.165) is 11.3 Å². The molecule has 0 aliphatic carbocycles. The van der Waals surface area contributed by atoms with Crippen molar-refractivity contribution >= 4 is 17.3 Å². The maximum Gasteiger partial charge on any atom is 0.258 e. The number of ether oxygens (including phenoxy) is 1. The van der Waals surface area contributed by atoms with Gasteiger partial charge in [-0.1, -0.05) is 18.2 Å². The summed E-state index contributed by atoms with van der Waals surface area (Å²) in [4.78, 5) is 16.7. The van der Waals surface area contributed by atoms with Crippen LogP contribution in [0.15, 0.2) is 42.5 Å². The van der Waals surface area contributed by atoms with E-state index < -0.39 is 0 Å². The van der Waals surface area contributed by atoms with E-state index in [9.17, 15) is 9.18 Å². The number of halogens is 1. The fraction of sp³-hybridized carbons (Fsp3) is 0.278. The first-order valence-electron chi connectivity index (χ1n) is 7.51. The molecule has 1 aliphatic heterocycles. The average molecular weight is 314 g/mol. The van der Waals surface area contributed by atoms with Crippen LogP contribution in [0.2, 0.25) is 0 Å². The highest BCUT2D eigenvalue weighted by atomic mass is 19.1. The number of hydrogen-bond acceptors (Lipinski definition) is 3. The molecule has 1 heterocycles. The first-order chi connectivity index (χ1) is 11.1. The van der Waals surface area contributed by atoms with E-state index in [2.05, 4.69) is 0 Å². The van der Waals surface area contributed by atoms with E-state index in [1.807, 2.05) is 30.1 Å². The van der Waals surface area contributed by atoms with Crippen LogP contribution in [0, 0.1) is 5.82 Å². The quantitative estimate of drug-likeness (QED) is 0.873. The third-order valence-corrected chi connectivity index (χ3v) is 4.09. The Balaban J connectivity index is 2.02. The van der Waals surface area contributed by atoms with Crippen LogP contribution in [-0.4, -0.2) is 33.2 Å². The molecule has 5 heteroatoms. The minimum absolute atomic E-state index is 0.127. The van der Waals surface area contributed by atoms with Crippen molar-refractivity contribution < 1.29 is 13.9 Å². The summed E-state index contributed by atoms with van der Waals surface area (Å²) in [6, 6.07) is 11.9. The topological polar surface area (TPSA) is 32.8 Å². The van der Waals surface area contributed by atoms with Gasteiger partial charge in [0.2, 0.25) is 0 Å². The molecule has 23 heavy (non-hydrogen) atoms. The van der Waals surface area contributed by atoms with Crippen LogP contribution in [0.4, 0.5) is 15.8 Å². The largest absolute Gasteiger partial charge is 0.380 e. The monoisotopic (exact) mass is 314 g/mol. The van der Waals surface area contributed by atoms with Crippen molar-refractivity contribution in [2.45, 2.75) is 6.61 Å². The number of carbonyl (C=O) groups excluding carboxylic acids is 1. The van der Waals surface area contributed by atoms with Gasteiger partial charge < -0.3 is 14.5 Å². The standard InChI is InChI=1S/C18H19FN2O2/c1-20-9-10-21(17-11-14(19)7-8-16(17)20)18(22)15-6-4-3-5-13(15)12-23-2/h3-8,11H,9-10,12H2,1-2H3. The van der Waals surface area contributed by atoms with E-state index in [1.165, 1.54) is 12.1 Å². The van der Waals surface area contributed by atoms with Gasteiger partial charge in [-0.25, -0.2) is 4.39 Å². The second-order valence-electron chi connectivity index (χ2n) is 5.60. The molecule has 0 aromatic heterocycles. The van der Waals surface area contributed by atoms with Gasteiger partial charge >= 0.3 is 0 Å². The maximum atomic E-state index is 13.7. The Morgan fingerprint density at radius 2 is 1.96 bits per heavy atom. The third-order valence-electron chi connectivity index (χ3n) is 4.09. The highest BCUT2D eigenvalue weighted by molar-refractivity contribution is 6.09. The average Bonchev–Trinajstić information content (AvgIpc) is 2.55. The SMILES string of the molecule is COCc1ccccc1C(=O)N1CCN(C)c2ccc(F)cc21. The molecule has 0 saturated heterocycles. The number of hydrogen-bond donors (Lipinski definition) is 0. The van der Waals surface area contributed by atoms with Crippen LogP contribution >= 0.6 is 0 Å². The molecule has 0 unspecified atom stereocenters. The molecular formula is C18H19FN2O2. The lowest BCUT2D eigenvalue weighted by atomic mass is 10.1. The summed E-state index contributed by atoms with van der Waals surface area (Å²) >= 11 is 0. The van der Waals surface area contributed by atoms with Crippen LogP contribution in [0.3, 0.4) is 0 Å². The normalized spacial score (nSPS) is 13.9. The second-order valence-corrected chi connectivity index (χ2v) is 5.60. The van der Waals surface area contributed by atoms with Gasteiger partial charge in [0.25, 0.3) is 5.91 Å². The van der Waals surface area contributed by atoms with Crippen molar-refractivity contribution in [1.29, 1.82) is 0 Å². The Kier molecular flexibility index (Phi) is 4.30. The van der Waals surface area contributed by atoms with Gasteiger partial charge in [0.15, 0.2) is 0 Å². The fourth-order valence-electron chi connectivity index (χ4n) is 2.89. The lowest BCUT2D eigenvalue weighted by molar-refractivity contribution is 0.0982. The Hall–Kier alpha value is -2.40. The number of likely N-dealkylation sites (N-methyl/N-ethyl adjacent to an activating group) is 1. The molecular weight excluding hydrogens is 295 g/mol. The second kappa shape index (κ2) is 6.38. The van der Waals surface area contributed by atoms with Crippen molar-refractivity contribution in [1.82, 2.24) is 0 Å². The summed E-state index contributed by atoms with van der Waals surface area (Å²) in [6.07, 6.45) is 0. The maximum absolute atomic E-state index is 13.7. The predicted molar refractivity (Wildman–Crippen MR) is 88.5 cm³/mol. The van der Waals surface area contributed by atoms with Gasteiger partial charge in [-0.3, -0.25) is 4.79 Å². The van der Waals surface area contributed by atoms with Gasteiger partial charge in [-0.2, -0.15) is 0 Å². The summed E-state index contributed by atoms with van der Waals surface area (Å²) in [6.45, 7) is 1.59. The zero-order chi connectivity index (χ0) is 16.4. The van der Waals surface area contributed by atoms with Crippen LogP contribution in [0.1, 0.15) is 15.9 Å². The van der Waals surface area contributed by atoms with E-state index in [0.29, 0.717) is 30.9 Å². The minimum atomic E-state index is -0.345. The summed E-state index contributed by atoms with van der Waals surface area (Å²) in [5.41, 5.74) is 2.89. The molecule has 0 radical (unpaired) electrons. The molecule has 0 saturated carbocycles. The molecule has 0 atom stereocenters. The Morgan fingerprint density at radius 1 is 1.17 bits per heavy atom. The molecule has 120 valence electrons. The fourth-order valence-corrected chi connectivity index (χ4v) is 2.89. The smallest absolute Gasteiger partial charge is 0.258 e. The highest BCUT2D eigenvalue weighted by Gasteiger charge is 2.27. The van der Waals surface area contributed by atoms with Crippen molar-refractivity contribution in [2.24, 2.45) is 0 Å². The van der Waals surface area contributed by atoms with Crippen molar-refractivity contribution in [3.63, 3.8) is 0 Å². The summed E-state index contributed by atoms with van der Waals surface area (Å²) in [7, 11) is 3.54. The Bertz CT molecular complexity index is 733. The van der Waals surface area contributed by atoms with Gasteiger partial charge in [-0.15, -0.1) is 0 Å². The zero-order valence-electron chi connectivity index (χ0n) is 13.3. The molecule has 0 spiro atoms. The first-order valence-corrected chi connectivity index (χ1v) is 7.51. The van der Waals surface area contributed by atoms with Crippen molar-refractivity contribution in [3.8, 4) is 0 Å². The van der Waals surface area contributed by atoms with Gasteiger partial charge in [0.1, 0.15) is 5.82 Å². The van der Waals surface area contributed by atoms with Gasteiger partial charge in [-0.05, 0) is 29.8 Å². The number of methoxy groups -OCH3 is 1. The first kappa shape index (κ1) is 15.5. The summed E-state index contributed by atoms with van der Waals surface area (Å²) in [5, 5.41) is 0. The molecule has 3 rings (SSSR count). The summed E-state index contributed by atoms with van der Waals surface area (Å²) in [5.74, 6) is -0.473. The molecule has 0 fully saturated rings. The van der Waals surface area contributed by atoms with E-state index >= 15 is 0 Å². The van der Waals surface area contributed by atoms with Crippen LogP contribution in [-0.2, 0) is 11.3 Å². The van der Waals surface area contributed by atoms with E-state index in [4.69, 9.17) is 4.74 Å². The molecule has 0 N–H and O–H groups in total. The number of nitrogens with zero attached hydrogens (tertiary/aromatic N) is 2. The van der Waals surface area contributed by atoms with Gasteiger partial charge in [0, 0.05) is 32.8 Å². The lowest BCUT2D eigenvalue weighted by Crippen LogP contribution is -2.43. The number of anilines is 2. The molecule has 2 aromatic rings. The number of amides is 1. The molecule has 1 aliphatic rings. The zero-order valence-corrected chi connectivity index (χ0v) is 13.3. The Labute approximate surface area is 135 Å². The lowest BCUT2D eigenvalue weighted by Gasteiger charge is -2.36. The van der Waals surface area contributed by atoms with E-state index in [-0.39, 0.29) is 11.7 Å². The molecule has 1 amide bonds. The Morgan fingerprint density at radius 3 is 2.74 bits per heavy atom. The molecule has 2 aromatic carbocycles. The minimum Gasteiger partial charge on any atom is -0.380 e. The number of benzene rings is 2. The van der Waals surface area contributed by atoms with E-state index in [1.54, 1.807) is 24.1 Å². The highest BCUT2D eigenvalue weighted by Crippen LogP contribution is 2.34. The summed E-state index contributed by atoms with van der Waals surface area (Å²) < 4.78 is 18.9. The van der Waals surface area contributed by atoms with Crippen LogP contribution in [0.25, 0.3) is 0 Å². The third kappa shape index (κ3) is 2.92. The van der Waals surface area contributed by atoms with Crippen LogP contribution in [0.5, 0.6) is 0 Å². The molecule has 0 bridgehead atoms. The molecule has 4 nitrogen and oxygen atoms in total. The van der Waals surface area contributed by atoms with Gasteiger partial charge in [0.05, 0.1) is 18.0 Å². The number of fused-ring (bicyclic) bond motifs is 1.